The monoisotopic (exact) mass is 360 g/mol. The number of benzene rings is 2. The van der Waals surface area contributed by atoms with Crippen LogP contribution in [0.25, 0.3) is 0 Å². The zero-order valence-corrected chi connectivity index (χ0v) is 13.4. The Balaban J connectivity index is 2.27. The third-order valence-electron chi connectivity index (χ3n) is 3.43. The van der Waals surface area contributed by atoms with Gasteiger partial charge in [-0.05, 0) is 29.8 Å². The summed E-state index contributed by atoms with van der Waals surface area (Å²) in [7, 11) is 0. The first-order valence-corrected chi connectivity index (χ1v) is 7.40. The molecular weight excluding hydrogens is 354 g/mol. The first kappa shape index (κ1) is 14.9. The van der Waals surface area contributed by atoms with Gasteiger partial charge in [0.1, 0.15) is 0 Å². The highest BCUT2D eigenvalue weighted by atomic mass is 35.5. The van der Waals surface area contributed by atoms with Gasteiger partial charge in [-0.3, -0.25) is 4.79 Å². The quantitative estimate of drug-likeness (QED) is 0.788. The van der Waals surface area contributed by atoms with Gasteiger partial charge in [-0.15, -0.1) is 0 Å². The molecule has 1 heterocycles. The van der Waals surface area contributed by atoms with Gasteiger partial charge in [0, 0.05) is 16.3 Å². The first-order valence-electron chi connectivity index (χ1n) is 5.89. The van der Waals surface area contributed by atoms with Crippen LogP contribution in [0.1, 0.15) is 11.1 Å². The molecule has 0 saturated carbocycles. The first-order chi connectivity index (χ1) is 9.84. The summed E-state index contributed by atoms with van der Waals surface area (Å²) >= 11 is 24.1. The van der Waals surface area contributed by atoms with E-state index in [1.165, 1.54) is 0 Å². The van der Waals surface area contributed by atoms with E-state index in [9.17, 15) is 4.79 Å². The summed E-state index contributed by atoms with van der Waals surface area (Å²) in [6.07, 6.45) is 0. The van der Waals surface area contributed by atoms with Crippen molar-refractivity contribution in [2.24, 2.45) is 5.73 Å². The lowest BCUT2D eigenvalue weighted by molar-refractivity contribution is -0.119. The molecule has 1 unspecified atom stereocenters. The fourth-order valence-corrected chi connectivity index (χ4v) is 3.36. The molecule has 0 aromatic heterocycles. The van der Waals surface area contributed by atoms with Gasteiger partial charge in [0.2, 0.25) is 0 Å². The van der Waals surface area contributed by atoms with Crippen molar-refractivity contribution in [1.29, 1.82) is 0 Å². The predicted molar refractivity (Wildman–Crippen MR) is 86.5 cm³/mol. The fourth-order valence-electron chi connectivity index (χ4n) is 2.42. The summed E-state index contributed by atoms with van der Waals surface area (Å²) < 4.78 is 0. The van der Waals surface area contributed by atoms with Gasteiger partial charge in [0.05, 0.1) is 15.1 Å². The molecule has 0 spiro atoms. The average molecular weight is 362 g/mol. The van der Waals surface area contributed by atoms with Gasteiger partial charge in [0.15, 0.2) is 5.54 Å². The molecule has 3 N–H and O–H groups in total. The zero-order valence-electron chi connectivity index (χ0n) is 10.4. The summed E-state index contributed by atoms with van der Waals surface area (Å²) in [5.41, 5.74) is 6.38. The van der Waals surface area contributed by atoms with Crippen LogP contribution in [-0.2, 0) is 10.3 Å². The summed E-state index contributed by atoms with van der Waals surface area (Å²) in [4.78, 5) is 12.4. The van der Waals surface area contributed by atoms with Gasteiger partial charge < -0.3 is 11.1 Å². The number of nitrogens with one attached hydrogen (secondary N) is 1. The smallest absolute Gasteiger partial charge is 0.253 e. The van der Waals surface area contributed by atoms with Crippen molar-refractivity contribution in [2.75, 3.05) is 5.32 Å². The molecule has 2 aromatic rings. The lowest BCUT2D eigenvalue weighted by Crippen LogP contribution is -2.44. The van der Waals surface area contributed by atoms with Gasteiger partial charge >= 0.3 is 0 Å². The third kappa shape index (κ3) is 2.20. The van der Waals surface area contributed by atoms with Crippen molar-refractivity contribution in [3.05, 3.63) is 61.5 Å². The topological polar surface area (TPSA) is 55.1 Å². The van der Waals surface area contributed by atoms with Gasteiger partial charge in [0.25, 0.3) is 5.91 Å². The predicted octanol–water partition coefficient (Wildman–Crippen LogP) is 4.45. The van der Waals surface area contributed by atoms with Crippen LogP contribution < -0.4 is 11.1 Å². The highest BCUT2D eigenvalue weighted by Crippen LogP contribution is 2.45. The molecule has 1 aliphatic rings. The molecule has 2 aromatic carbocycles. The number of nitrogens with two attached hydrogens (primary N) is 1. The highest BCUT2D eigenvalue weighted by Gasteiger charge is 2.47. The molecule has 0 aliphatic carbocycles. The molecule has 1 aliphatic heterocycles. The van der Waals surface area contributed by atoms with E-state index in [0.29, 0.717) is 36.9 Å². The molecule has 0 radical (unpaired) electrons. The maximum absolute atomic E-state index is 12.4. The Morgan fingerprint density at radius 2 is 1.67 bits per heavy atom. The molecule has 7 heteroatoms. The van der Waals surface area contributed by atoms with Crippen LogP contribution in [0.4, 0.5) is 5.69 Å². The molecule has 0 saturated heterocycles. The van der Waals surface area contributed by atoms with E-state index < -0.39 is 11.4 Å². The standard InChI is InChI=1S/C14H8Cl4N2O/c15-7-4-10(18)12-11(5-7)20-13(21)14(12,19)6-1-2-8(16)9(17)3-6/h1-5H,19H2,(H,20,21). The zero-order chi connectivity index (χ0) is 15.4. The van der Waals surface area contributed by atoms with Crippen LogP contribution in [0.15, 0.2) is 30.3 Å². The fraction of sp³-hybridized carbons (Fsp3) is 0.0714. The minimum Gasteiger partial charge on any atom is -0.323 e. The number of halogens is 4. The van der Waals surface area contributed by atoms with E-state index in [1.54, 1.807) is 30.3 Å². The maximum atomic E-state index is 12.4. The van der Waals surface area contributed by atoms with E-state index in [0.717, 1.165) is 0 Å². The average Bonchev–Trinajstić information content (AvgIpc) is 2.65. The van der Waals surface area contributed by atoms with E-state index in [-0.39, 0.29) is 0 Å². The Morgan fingerprint density at radius 1 is 0.952 bits per heavy atom. The highest BCUT2D eigenvalue weighted by molar-refractivity contribution is 6.42. The number of rotatable bonds is 1. The third-order valence-corrected chi connectivity index (χ3v) is 4.69. The van der Waals surface area contributed by atoms with Crippen molar-refractivity contribution >= 4 is 58.0 Å². The van der Waals surface area contributed by atoms with E-state index in [4.69, 9.17) is 52.1 Å². The second-order valence-corrected chi connectivity index (χ2v) is 6.36. The Kier molecular flexibility index (Phi) is 3.59. The molecule has 3 nitrogen and oxygen atoms in total. The Labute approximate surface area is 140 Å². The number of anilines is 1. The number of carbonyl (C=O) groups is 1. The number of fused-ring (bicyclic) bond motifs is 1. The van der Waals surface area contributed by atoms with E-state index >= 15 is 0 Å². The van der Waals surface area contributed by atoms with E-state index in [2.05, 4.69) is 5.32 Å². The summed E-state index contributed by atoms with van der Waals surface area (Å²) in [6.45, 7) is 0. The van der Waals surface area contributed by atoms with Crippen LogP contribution in [0.3, 0.4) is 0 Å². The Morgan fingerprint density at radius 3 is 2.33 bits per heavy atom. The summed E-state index contributed by atoms with van der Waals surface area (Å²) in [5.74, 6) is -0.403. The van der Waals surface area contributed by atoms with Crippen molar-refractivity contribution in [2.45, 2.75) is 5.54 Å². The number of hydrogen-bond acceptors (Lipinski definition) is 2. The minimum absolute atomic E-state index is 0.310. The van der Waals surface area contributed by atoms with Crippen molar-refractivity contribution in [3.8, 4) is 0 Å². The largest absolute Gasteiger partial charge is 0.323 e. The Bertz CT molecular complexity index is 778. The van der Waals surface area contributed by atoms with Gasteiger partial charge in [-0.2, -0.15) is 0 Å². The lowest BCUT2D eigenvalue weighted by atomic mass is 9.85. The van der Waals surface area contributed by atoms with Crippen LogP contribution in [0.2, 0.25) is 20.1 Å². The van der Waals surface area contributed by atoms with Crippen molar-refractivity contribution in [3.63, 3.8) is 0 Å². The maximum Gasteiger partial charge on any atom is 0.253 e. The molecule has 0 bridgehead atoms. The van der Waals surface area contributed by atoms with Crippen LogP contribution >= 0.6 is 46.4 Å². The normalized spacial score (nSPS) is 20.3. The number of amides is 1. The molecule has 3 rings (SSSR count). The number of carbonyl (C=O) groups excluding carboxylic acids is 1. The van der Waals surface area contributed by atoms with Crippen molar-refractivity contribution in [1.82, 2.24) is 0 Å². The van der Waals surface area contributed by atoms with E-state index in [1.807, 2.05) is 0 Å². The second-order valence-electron chi connectivity index (χ2n) is 4.70. The van der Waals surface area contributed by atoms with Crippen molar-refractivity contribution < 1.29 is 4.79 Å². The number of hydrogen-bond donors (Lipinski definition) is 2. The molecule has 21 heavy (non-hydrogen) atoms. The summed E-state index contributed by atoms with van der Waals surface area (Å²) in [5, 5.41) is 4.11. The van der Waals surface area contributed by atoms with Crippen LogP contribution in [0, 0.1) is 0 Å². The van der Waals surface area contributed by atoms with Gasteiger partial charge in [-0.25, -0.2) is 0 Å². The van der Waals surface area contributed by atoms with Crippen LogP contribution in [-0.4, -0.2) is 5.91 Å². The SMILES string of the molecule is NC1(c2ccc(Cl)c(Cl)c2)C(=O)Nc2cc(Cl)cc(Cl)c21. The molecule has 0 fully saturated rings. The Hall–Kier alpha value is -0.970. The second kappa shape index (κ2) is 5.04. The molecular formula is C14H8Cl4N2O. The molecule has 1 amide bonds. The van der Waals surface area contributed by atoms with Crippen LogP contribution in [0.5, 0.6) is 0 Å². The lowest BCUT2D eigenvalue weighted by Gasteiger charge is -2.24. The summed E-state index contributed by atoms with van der Waals surface area (Å²) in [6, 6.07) is 7.94. The molecule has 108 valence electrons. The minimum atomic E-state index is -1.44. The molecule has 1 atom stereocenters. The van der Waals surface area contributed by atoms with Gasteiger partial charge in [-0.1, -0.05) is 52.5 Å².